The summed E-state index contributed by atoms with van der Waals surface area (Å²) in [4.78, 5) is 10.0. The summed E-state index contributed by atoms with van der Waals surface area (Å²) >= 11 is 1.82. The van der Waals surface area contributed by atoms with Crippen LogP contribution in [0.1, 0.15) is 56.2 Å². The van der Waals surface area contributed by atoms with Gasteiger partial charge in [-0.2, -0.15) is 5.10 Å². The number of hydrogen-bond donors (Lipinski definition) is 1. The molecule has 0 fully saturated rings. The number of aryl methyl sites for hydroxylation is 1. The molecule has 2 atom stereocenters. The van der Waals surface area contributed by atoms with Crippen molar-refractivity contribution in [2.75, 3.05) is 0 Å². The average Bonchev–Trinajstić information content (AvgIpc) is 2.97. The van der Waals surface area contributed by atoms with Gasteiger partial charge in [0.1, 0.15) is 12.7 Å². The first-order valence-corrected chi connectivity index (χ1v) is 8.15. The van der Waals surface area contributed by atoms with E-state index in [-0.39, 0.29) is 11.5 Å². The molecule has 6 heteroatoms. The van der Waals surface area contributed by atoms with Crippen molar-refractivity contribution in [1.82, 2.24) is 25.1 Å². The van der Waals surface area contributed by atoms with E-state index >= 15 is 0 Å². The normalized spacial score (nSPS) is 15.1. The van der Waals surface area contributed by atoms with Gasteiger partial charge in [0.15, 0.2) is 0 Å². The van der Waals surface area contributed by atoms with Crippen molar-refractivity contribution in [2.45, 2.75) is 65.6 Å². The second kappa shape index (κ2) is 6.23. The Bertz CT molecular complexity index is 567. The summed E-state index contributed by atoms with van der Waals surface area (Å²) in [5.74, 6) is 0. The Kier molecular flexibility index (Phi) is 4.78. The summed E-state index contributed by atoms with van der Waals surface area (Å²) in [5, 5.41) is 8.97. The first-order valence-electron chi connectivity index (χ1n) is 7.33. The number of hydrogen-bond acceptors (Lipinski definition) is 5. The van der Waals surface area contributed by atoms with Crippen molar-refractivity contribution in [1.29, 1.82) is 0 Å². The molecule has 0 bridgehead atoms. The van der Waals surface area contributed by atoms with Crippen LogP contribution in [0.3, 0.4) is 0 Å². The van der Waals surface area contributed by atoms with E-state index < -0.39 is 0 Å². The van der Waals surface area contributed by atoms with Gasteiger partial charge in [-0.1, -0.05) is 20.8 Å². The average molecular weight is 307 g/mol. The molecule has 1 N–H and O–H groups in total. The van der Waals surface area contributed by atoms with Crippen LogP contribution >= 0.6 is 11.3 Å². The van der Waals surface area contributed by atoms with Crippen LogP contribution in [0.4, 0.5) is 0 Å². The first kappa shape index (κ1) is 16.1. The molecule has 0 amide bonds. The molecule has 0 radical (unpaired) electrons. The fourth-order valence-corrected chi connectivity index (χ4v) is 3.43. The van der Waals surface area contributed by atoms with E-state index in [0.717, 1.165) is 12.2 Å². The van der Waals surface area contributed by atoms with Crippen LogP contribution in [0.2, 0.25) is 0 Å². The van der Waals surface area contributed by atoms with E-state index in [1.54, 1.807) is 12.7 Å². The highest BCUT2D eigenvalue weighted by atomic mass is 32.1. The van der Waals surface area contributed by atoms with Crippen molar-refractivity contribution < 1.29 is 0 Å². The molecular weight excluding hydrogens is 282 g/mol. The largest absolute Gasteiger partial charge is 0.305 e. The molecule has 0 saturated carbocycles. The van der Waals surface area contributed by atoms with E-state index in [0.29, 0.717) is 6.04 Å². The maximum atomic E-state index is 4.74. The number of nitrogens with one attached hydrogen (secondary N) is 1. The van der Waals surface area contributed by atoms with E-state index in [1.807, 2.05) is 16.0 Å². The van der Waals surface area contributed by atoms with E-state index in [4.69, 9.17) is 4.98 Å². The SMILES string of the molecule is Cc1nc(C(C)(C)C)sc1C(C)NC(C)Cn1cncn1. The number of thiazole rings is 1. The summed E-state index contributed by atoms with van der Waals surface area (Å²) in [5.41, 5.74) is 1.25. The van der Waals surface area contributed by atoms with Crippen LogP contribution < -0.4 is 5.32 Å². The maximum absolute atomic E-state index is 4.74. The second-order valence-electron chi connectivity index (χ2n) is 6.63. The van der Waals surface area contributed by atoms with Gasteiger partial charge >= 0.3 is 0 Å². The number of aromatic nitrogens is 4. The molecular formula is C15H25N5S. The van der Waals surface area contributed by atoms with Gasteiger partial charge in [-0.05, 0) is 20.8 Å². The van der Waals surface area contributed by atoms with Gasteiger partial charge in [0.2, 0.25) is 0 Å². The second-order valence-corrected chi connectivity index (χ2v) is 7.66. The molecule has 0 aromatic carbocycles. The van der Waals surface area contributed by atoms with E-state index in [1.165, 1.54) is 9.88 Å². The Labute approximate surface area is 130 Å². The summed E-state index contributed by atoms with van der Waals surface area (Å²) in [6.07, 6.45) is 3.32. The van der Waals surface area contributed by atoms with Crippen LogP contribution in [0.15, 0.2) is 12.7 Å². The first-order chi connectivity index (χ1) is 9.77. The topological polar surface area (TPSA) is 55.6 Å². The van der Waals surface area contributed by atoms with Gasteiger partial charge in [0.05, 0.1) is 17.2 Å². The van der Waals surface area contributed by atoms with Crippen molar-refractivity contribution >= 4 is 11.3 Å². The summed E-state index contributed by atoms with van der Waals surface area (Å²) in [6, 6.07) is 0.610. The van der Waals surface area contributed by atoms with Crippen molar-refractivity contribution in [3.8, 4) is 0 Å². The molecule has 2 aromatic rings. The van der Waals surface area contributed by atoms with Crippen molar-refractivity contribution in [2.24, 2.45) is 0 Å². The van der Waals surface area contributed by atoms with Crippen LogP contribution in [0, 0.1) is 6.92 Å². The maximum Gasteiger partial charge on any atom is 0.137 e. The van der Waals surface area contributed by atoms with Crippen molar-refractivity contribution in [3.05, 3.63) is 28.2 Å². The Morgan fingerprint density at radius 2 is 2.05 bits per heavy atom. The lowest BCUT2D eigenvalue weighted by molar-refractivity contribution is 0.414. The standard InChI is InChI=1S/C15H25N5S/c1-10(7-20-9-16-8-17-20)18-11(2)13-12(3)19-14(21-13)15(4,5)6/h8-11,18H,7H2,1-6H3. The van der Waals surface area contributed by atoms with Crippen LogP contribution in [-0.2, 0) is 12.0 Å². The van der Waals surface area contributed by atoms with Crippen molar-refractivity contribution in [3.63, 3.8) is 0 Å². The van der Waals surface area contributed by atoms with Gasteiger partial charge in [-0.25, -0.2) is 9.97 Å². The molecule has 0 aliphatic rings. The third kappa shape index (κ3) is 4.11. The Balaban J connectivity index is 2.03. The predicted octanol–water partition coefficient (Wildman–Crippen LogP) is 3.08. The highest BCUT2D eigenvalue weighted by Gasteiger charge is 2.23. The van der Waals surface area contributed by atoms with Gasteiger partial charge in [0, 0.05) is 22.4 Å². The lowest BCUT2D eigenvalue weighted by Gasteiger charge is -2.19. The fraction of sp³-hybridized carbons (Fsp3) is 0.667. The molecule has 2 heterocycles. The summed E-state index contributed by atoms with van der Waals surface area (Å²) in [7, 11) is 0. The number of nitrogens with zero attached hydrogens (tertiary/aromatic N) is 4. The third-order valence-electron chi connectivity index (χ3n) is 3.33. The highest BCUT2D eigenvalue weighted by Crippen LogP contribution is 2.32. The fourth-order valence-electron chi connectivity index (χ4n) is 2.29. The number of rotatable bonds is 5. The van der Waals surface area contributed by atoms with Crippen LogP contribution in [0.25, 0.3) is 0 Å². The summed E-state index contributed by atoms with van der Waals surface area (Å²) in [6.45, 7) is 13.9. The highest BCUT2D eigenvalue weighted by molar-refractivity contribution is 7.12. The van der Waals surface area contributed by atoms with E-state index in [9.17, 15) is 0 Å². The van der Waals surface area contributed by atoms with Crippen LogP contribution in [-0.4, -0.2) is 25.8 Å². The predicted molar refractivity (Wildman–Crippen MR) is 86.6 cm³/mol. The van der Waals surface area contributed by atoms with Gasteiger partial charge in [0.25, 0.3) is 0 Å². The lowest BCUT2D eigenvalue weighted by atomic mass is 9.98. The zero-order chi connectivity index (χ0) is 15.6. The molecule has 0 aliphatic heterocycles. The molecule has 0 aliphatic carbocycles. The Morgan fingerprint density at radius 1 is 1.33 bits per heavy atom. The Morgan fingerprint density at radius 3 is 2.57 bits per heavy atom. The molecule has 2 unspecified atom stereocenters. The van der Waals surface area contributed by atoms with Gasteiger partial charge in [-0.3, -0.25) is 4.68 Å². The smallest absolute Gasteiger partial charge is 0.137 e. The quantitative estimate of drug-likeness (QED) is 0.922. The molecule has 21 heavy (non-hydrogen) atoms. The van der Waals surface area contributed by atoms with E-state index in [2.05, 4.69) is 56.9 Å². The molecule has 5 nitrogen and oxygen atoms in total. The van der Waals surface area contributed by atoms with Gasteiger partial charge in [-0.15, -0.1) is 11.3 Å². The minimum absolute atomic E-state index is 0.111. The Hall–Kier alpha value is -1.27. The monoisotopic (exact) mass is 307 g/mol. The zero-order valence-electron chi connectivity index (χ0n) is 13.7. The third-order valence-corrected chi connectivity index (χ3v) is 5.10. The molecule has 0 saturated heterocycles. The summed E-state index contributed by atoms with van der Waals surface area (Å²) < 4.78 is 1.85. The van der Waals surface area contributed by atoms with Crippen LogP contribution in [0.5, 0.6) is 0 Å². The molecule has 116 valence electrons. The molecule has 0 spiro atoms. The molecule has 2 rings (SSSR count). The zero-order valence-corrected chi connectivity index (χ0v) is 14.5. The lowest BCUT2D eigenvalue weighted by Crippen LogP contribution is -2.32. The minimum Gasteiger partial charge on any atom is -0.305 e. The van der Waals surface area contributed by atoms with Gasteiger partial charge < -0.3 is 5.32 Å². The minimum atomic E-state index is 0.111. The molecule has 2 aromatic heterocycles.